The van der Waals surface area contributed by atoms with Gasteiger partial charge < -0.3 is 10.3 Å². The van der Waals surface area contributed by atoms with Gasteiger partial charge in [-0.2, -0.15) is 0 Å². The second-order valence-electron chi connectivity index (χ2n) is 7.46. The lowest BCUT2D eigenvalue weighted by molar-refractivity contribution is -0.121. The minimum atomic E-state index is -0.147. The van der Waals surface area contributed by atoms with Crippen LogP contribution in [-0.4, -0.2) is 27.2 Å². The van der Waals surface area contributed by atoms with Crippen molar-refractivity contribution in [2.45, 2.75) is 56.0 Å². The number of amides is 1. The summed E-state index contributed by atoms with van der Waals surface area (Å²) in [5.41, 5.74) is 1.96. The largest absolute Gasteiger partial charge is 0.352 e. The lowest BCUT2D eigenvalue weighted by atomic mass is 9.84. The molecule has 2 aromatic rings. The normalized spacial score (nSPS) is 28.2. The van der Waals surface area contributed by atoms with Crippen LogP contribution in [0.5, 0.6) is 0 Å². The monoisotopic (exact) mass is 343 g/mol. The molecule has 24 heavy (non-hydrogen) atoms. The van der Waals surface area contributed by atoms with Gasteiger partial charge in [0.05, 0.1) is 16.3 Å². The average molecular weight is 343 g/mol. The molecule has 5 atom stereocenters. The number of benzene rings is 1. The van der Waals surface area contributed by atoms with Crippen LogP contribution in [0.2, 0.25) is 0 Å². The van der Waals surface area contributed by atoms with Crippen LogP contribution in [-0.2, 0) is 4.79 Å². The van der Waals surface area contributed by atoms with Gasteiger partial charge in [-0.25, -0.2) is 4.98 Å². The van der Waals surface area contributed by atoms with Crippen molar-refractivity contribution in [2.75, 3.05) is 0 Å². The van der Waals surface area contributed by atoms with E-state index < -0.39 is 0 Å². The topological polar surface area (TPSA) is 57.8 Å². The van der Waals surface area contributed by atoms with Gasteiger partial charge in [-0.05, 0) is 63.0 Å². The van der Waals surface area contributed by atoms with E-state index in [4.69, 9.17) is 0 Å². The summed E-state index contributed by atoms with van der Waals surface area (Å²) >= 11 is 1.50. The van der Waals surface area contributed by atoms with Gasteiger partial charge >= 0.3 is 0 Å². The number of thioether (sulfide) groups is 1. The number of carbonyl (C=O) groups excluding carboxylic acids is 1. The first-order chi connectivity index (χ1) is 11.6. The molecular formula is C19H25N3OS. The summed E-state index contributed by atoms with van der Waals surface area (Å²) in [6.07, 6.45) is 5.45. The fraction of sp³-hybridized carbons (Fsp3) is 0.579. The molecule has 1 aromatic carbocycles. The maximum Gasteiger partial charge on any atom is 0.233 e. The van der Waals surface area contributed by atoms with Gasteiger partial charge in [0.25, 0.3) is 0 Å². The second-order valence-corrected chi connectivity index (χ2v) is 8.78. The molecule has 128 valence electrons. The summed E-state index contributed by atoms with van der Waals surface area (Å²) in [4.78, 5) is 20.4. The van der Waals surface area contributed by atoms with Gasteiger partial charge in [-0.15, -0.1) is 0 Å². The summed E-state index contributed by atoms with van der Waals surface area (Å²) in [7, 11) is 0. The molecule has 0 unspecified atom stereocenters. The highest BCUT2D eigenvalue weighted by atomic mass is 32.2. The van der Waals surface area contributed by atoms with Crippen LogP contribution in [0.3, 0.4) is 0 Å². The van der Waals surface area contributed by atoms with Crippen molar-refractivity contribution in [3.63, 3.8) is 0 Å². The Bertz CT molecular complexity index is 710. The van der Waals surface area contributed by atoms with Gasteiger partial charge in [0.1, 0.15) is 0 Å². The van der Waals surface area contributed by atoms with E-state index in [1.807, 2.05) is 31.2 Å². The zero-order valence-electron chi connectivity index (χ0n) is 14.3. The first kappa shape index (κ1) is 16.0. The molecular weight excluding hydrogens is 318 g/mol. The van der Waals surface area contributed by atoms with E-state index in [2.05, 4.69) is 22.2 Å². The Morgan fingerprint density at radius 3 is 2.83 bits per heavy atom. The fourth-order valence-corrected chi connectivity index (χ4v) is 5.39. The Morgan fingerprint density at radius 2 is 2.12 bits per heavy atom. The van der Waals surface area contributed by atoms with Crippen LogP contribution in [0.4, 0.5) is 0 Å². The molecule has 4 rings (SSSR count). The summed E-state index contributed by atoms with van der Waals surface area (Å²) in [6.45, 7) is 4.14. The van der Waals surface area contributed by atoms with Gasteiger partial charge in [-0.3, -0.25) is 4.79 Å². The van der Waals surface area contributed by atoms with Crippen molar-refractivity contribution in [3.8, 4) is 0 Å². The SMILES string of the molecule is C[C@H](Sc1nc2ccccc2[nH]1)C(=O)N[C@H](C)[C@H]1C[C@H]2CC[C@H]1C2. The van der Waals surface area contributed by atoms with Crippen molar-refractivity contribution >= 4 is 28.7 Å². The van der Waals surface area contributed by atoms with Gasteiger partial charge in [-0.1, -0.05) is 30.3 Å². The molecule has 0 aliphatic heterocycles. The molecule has 2 fully saturated rings. The highest BCUT2D eigenvalue weighted by molar-refractivity contribution is 8.00. The van der Waals surface area contributed by atoms with Gasteiger partial charge in [0, 0.05) is 6.04 Å². The molecule has 2 bridgehead atoms. The van der Waals surface area contributed by atoms with E-state index in [1.165, 1.54) is 37.4 Å². The number of aromatic amines is 1. The molecule has 5 heteroatoms. The highest BCUT2D eigenvalue weighted by Crippen LogP contribution is 2.49. The van der Waals surface area contributed by atoms with Gasteiger partial charge in [0.2, 0.25) is 5.91 Å². The summed E-state index contributed by atoms with van der Waals surface area (Å²) in [5.74, 6) is 2.55. The van der Waals surface area contributed by atoms with E-state index in [-0.39, 0.29) is 17.2 Å². The fourth-order valence-electron chi connectivity index (χ4n) is 4.56. The summed E-state index contributed by atoms with van der Waals surface area (Å²) in [6, 6.07) is 8.24. The van der Waals surface area contributed by atoms with E-state index >= 15 is 0 Å². The van der Waals surface area contributed by atoms with E-state index in [0.717, 1.165) is 28.0 Å². The number of carbonyl (C=O) groups is 1. The molecule has 0 spiro atoms. The third kappa shape index (κ3) is 3.06. The Kier molecular flexibility index (Phi) is 4.29. The van der Waals surface area contributed by atoms with Crippen molar-refractivity contribution in [2.24, 2.45) is 17.8 Å². The quantitative estimate of drug-likeness (QED) is 0.807. The second kappa shape index (κ2) is 6.43. The Morgan fingerprint density at radius 1 is 1.29 bits per heavy atom. The number of H-pyrrole nitrogens is 1. The standard InChI is InChI=1S/C19H25N3OS/c1-11(15-10-13-7-8-14(15)9-13)20-18(23)12(2)24-19-21-16-5-3-4-6-17(16)22-19/h3-6,11-15H,7-10H2,1-2H3,(H,20,23)(H,21,22)/t11-,12+,13+,14+,15-/m1/s1. The minimum absolute atomic E-state index is 0.121. The summed E-state index contributed by atoms with van der Waals surface area (Å²) in [5, 5.41) is 3.92. The van der Waals surface area contributed by atoms with E-state index in [0.29, 0.717) is 5.92 Å². The molecule has 2 aliphatic carbocycles. The lowest BCUT2D eigenvalue weighted by Crippen LogP contribution is -2.43. The van der Waals surface area contributed by atoms with E-state index in [1.54, 1.807) is 0 Å². The van der Waals surface area contributed by atoms with Crippen LogP contribution in [0, 0.1) is 17.8 Å². The Balaban J connectivity index is 1.35. The van der Waals surface area contributed by atoms with Crippen molar-refractivity contribution in [1.29, 1.82) is 0 Å². The third-order valence-corrected chi connectivity index (χ3v) is 6.81. The van der Waals surface area contributed by atoms with Gasteiger partial charge in [0.15, 0.2) is 5.16 Å². The molecule has 1 amide bonds. The molecule has 2 aliphatic rings. The molecule has 2 saturated carbocycles. The third-order valence-electron chi connectivity index (χ3n) is 5.83. The average Bonchev–Trinajstić information content (AvgIpc) is 3.28. The number of fused-ring (bicyclic) bond motifs is 3. The number of aromatic nitrogens is 2. The zero-order chi connectivity index (χ0) is 16.7. The number of imidazole rings is 1. The minimum Gasteiger partial charge on any atom is -0.352 e. The smallest absolute Gasteiger partial charge is 0.233 e. The Hall–Kier alpha value is -1.49. The number of para-hydroxylation sites is 2. The van der Waals surface area contributed by atoms with Crippen LogP contribution in [0.25, 0.3) is 11.0 Å². The van der Waals surface area contributed by atoms with E-state index in [9.17, 15) is 4.79 Å². The molecule has 4 nitrogen and oxygen atoms in total. The van der Waals surface area contributed by atoms with Crippen molar-refractivity contribution < 1.29 is 4.79 Å². The number of rotatable bonds is 5. The predicted octanol–water partition coefficient (Wildman–Crippen LogP) is 3.98. The molecule has 1 aromatic heterocycles. The van der Waals surface area contributed by atoms with Crippen molar-refractivity contribution in [3.05, 3.63) is 24.3 Å². The molecule has 0 radical (unpaired) electrons. The molecule has 0 saturated heterocycles. The zero-order valence-corrected chi connectivity index (χ0v) is 15.1. The van der Waals surface area contributed by atoms with Crippen LogP contribution in [0.1, 0.15) is 39.5 Å². The van der Waals surface area contributed by atoms with Crippen LogP contribution < -0.4 is 5.32 Å². The number of hydrogen-bond donors (Lipinski definition) is 2. The predicted molar refractivity (Wildman–Crippen MR) is 98.0 cm³/mol. The lowest BCUT2D eigenvalue weighted by Gasteiger charge is -2.29. The first-order valence-electron chi connectivity index (χ1n) is 9.02. The number of nitrogens with one attached hydrogen (secondary N) is 2. The number of nitrogens with zero attached hydrogens (tertiary/aromatic N) is 1. The Labute approximate surface area is 147 Å². The maximum atomic E-state index is 12.6. The molecule has 1 heterocycles. The summed E-state index contributed by atoms with van der Waals surface area (Å²) < 4.78 is 0. The molecule has 2 N–H and O–H groups in total. The highest BCUT2D eigenvalue weighted by Gasteiger charge is 2.42. The van der Waals surface area contributed by atoms with Crippen LogP contribution in [0.15, 0.2) is 29.4 Å². The van der Waals surface area contributed by atoms with Crippen molar-refractivity contribution in [1.82, 2.24) is 15.3 Å². The maximum absolute atomic E-state index is 12.6. The first-order valence-corrected chi connectivity index (χ1v) is 9.90. The number of hydrogen-bond acceptors (Lipinski definition) is 3. The van der Waals surface area contributed by atoms with Crippen LogP contribution >= 0.6 is 11.8 Å².